The van der Waals surface area contributed by atoms with E-state index in [-0.39, 0.29) is 0 Å². The third-order valence-corrected chi connectivity index (χ3v) is 3.80. The van der Waals surface area contributed by atoms with Crippen LogP contribution in [0.3, 0.4) is 0 Å². The summed E-state index contributed by atoms with van der Waals surface area (Å²) in [5.74, 6) is 1.02. The first kappa shape index (κ1) is 10.4. The lowest BCUT2D eigenvalue weighted by atomic mass is 9.90. The van der Waals surface area contributed by atoms with Crippen LogP contribution in [0.4, 0.5) is 0 Å². The highest BCUT2D eigenvalue weighted by molar-refractivity contribution is 4.85. The Hall–Kier alpha value is -0.0800. The average molecular weight is 196 g/mol. The Labute approximate surface area is 87.8 Å². The summed E-state index contributed by atoms with van der Waals surface area (Å²) in [6.07, 6.45) is 8.14. The lowest BCUT2D eigenvalue weighted by Gasteiger charge is -2.36. The van der Waals surface area contributed by atoms with Crippen LogP contribution in [0.15, 0.2) is 0 Å². The van der Waals surface area contributed by atoms with E-state index in [2.05, 4.69) is 11.8 Å². The van der Waals surface area contributed by atoms with Crippen LogP contribution in [0.1, 0.15) is 45.4 Å². The van der Waals surface area contributed by atoms with Gasteiger partial charge in [0.15, 0.2) is 0 Å². The molecule has 2 aliphatic rings. The Morgan fingerprint density at radius 2 is 2.00 bits per heavy atom. The minimum absolute atomic E-state index is 0.474. The van der Waals surface area contributed by atoms with Gasteiger partial charge in [-0.3, -0.25) is 0 Å². The topological polar surface area (TPSA) is 29.3 Å². The van der Waals surface area contributed by atoms with Crippen molar-refractivity contribution in [2.45, 2.75) is 57.5 Å². The largest absolute Gasteiger partial charge is 0.328 e. The molecule has 0 radical (unpaired) electrons. The fourth-order valence-corrected chi connectivity index (χ4v) is 2.70. The molecule has 0 aromatic carbocycles. The molecular formula is C12H24N2. The third-order valence-electron chi connectivity index (χ3n) is 3.80. The number of nitrogens with two attached hydrogens (primary N) is 1. The van der Waals surface area contributed by atoms with Gasteiger partial charge in [-0.1, -0.05) is 13.3 Å². The Bertz CT molecular complexity index is 175. The van der Waals surface area contributed by atoms with Gasteiger partial charge >= 0.3 is 0 Å². The van der Waals surface area contributed by atoms with E-state index >= 15 is 0 Å². The highest BCUT2D eigenvalue weighted by Crippen LogP contribution is 2.32. The van der Waals surface area contributed by atoms with Crippen molar-refractivity contribution in [2.75, 3.05) is 13.1 Å². The average Bonchev–Trinajstić information content (AvgIpc) is 2.98. The van der Waals surface area contributed by atoms with Crippen molar-refractivity contribution < 1.29 is 0 Å². The van der Waals surface area contributed by atoms with Gasteiger partial charge in [-0.25, -0.2) is 0 Å². The molecule has 0 heterocycles. The Morgan fingerprint density at radius 3 is 2.57 bits per heavy atom. The molecule has 14 heavy (non-hydrogen) atoms. The maximum absolute atomic E-state index is 6.04. The lowest BCUT2D eigenvalue weighted by molar-refractivity contribution is 0.148. The maximum atomic E-state index is 6.04. The number of hydrogen-bond acceptors (Lipinski definition) is 2. The van der Waals surface area contributed by atoms with Crippen molar-refractivity contribution in [3.05, 3.63) is 0 Å². The molecule has 0 aromatic heterocycles. The van der Waals surface area contributed by atoms with Gasteiger partial charge in [0.2, 0.25) is 0 Å². The molecule has 0 bridgehead atoms. The molecule has 2 unspecified atom stereocenters. The smallest absolute Gasteiger partial charge is 0.0110 e. The summed E-state index contributed by atoms with van der Waals surface area (Å²) in [4.78, 5) is 2.68. The van der Waals surface area contributed by atoms with E-state index in [1.165, 1.54) is 51.6 Å². The summed E-state index contributed by atoms with van der Waals surface area (Å²) in [5, 5.41) is 0. The zero-order valence-corrected chi connectivity index (χ0v) is 9.41. The highest BCUT2D eigenvalue weighted by atomic mass is 15.2. The van der Waals surface area contributed by atoms with Crippen molar-refractivity contribution >= 4 is 0 Å². The van der Waals surface area contributed by atoms with Crippen molar-refractivity contribution in [3.63, 3.8) is 0 Å². The molecule has 0 aromatic rings. The molecule has 82 valence electrons. The van der Waals surface area contributed by atoms with Crippen LogP contribution in [-0.4, -0.2) is 30.1 Å². The molecule has 0 spiro atoms. The molecule has 2 aliphatic carbocycles. The first-order valence-corrected chi connectivity index (χ1v) is 6.29. The summed E-state index contributed by atoms with van der Waals surface area (Å²) in [6, 6.07) is 1.27. The fraction of sp³-hybridized carbons (Fsp3) is 1.00. The van der Waals surface area contributed by atoms with Gasteiger partial charge in [0.1, 0.15) is 0 Å². The predicted octanol–water partition coefficient (Wildman–Crippen LogP) is 1.99. The molecule has 0 aliphatic heterocycles. The van der Waals surface area contributed by atoms with Crippen LogP contribution in [0.2, 0.25) is 0 Å². The molecule has 2 rings (SSSR count). The van der Waals surface area contributed by atoms with Crippen LogP contribution in [0.25, 0.3) is 0 Å². The zero-order valence-electron chi connectivity index (χ0n) is 9.41. The van der Waals surface area contributed by atoms with Crippen molar-refractivity contribution in [3.8, 4) is 0 Å². The Balaban J connectivity index is 1.82. The predicted molar refractivity (Wildman–Crippen MR) is 60.2 cm³/mol. The number of rotatable bonds is 4. The van der Waals surface area contributed by atoms with Crippen LogP contribution < -0.4 is 5.73 Å². The SMILES string of the molecule is CCN(CC1CC1)C1CCCC(N)C1. The summed E-state index contributed by atoms with van der Waals surface area (Å²) in [5.41, 5.74) is 6.04. The van der Waals surface area contributed by atoms with Gasteiger partial charge in [0.05, 0.1) is 0 Å². The van der Waals surface area contributed by atoms with Gasteiger partial charge in [-0.2, -0.15) is 0 Å². The summed E-state index contributed by atoms with van der Waals surface area (Å²) < 4.78 is 0. The second-order valence-corrected chi connectivity index (χ2v) is 5.11. The molecule has 2 fully saturated rings. The van der Waals surface area contributed by atoms with Crippen molar-refractivity contribution in [1.29, 1.82) is 0 Å². The summed E-state index contributed by atoms with van der Waals surface area (Å²) in [6.45, 7) is 4.85. The van der Waals surface area contributed by atoms with E-state index in [4.69, 9.17) is 5.73 Å². The monoisotopic (exact) mass is 196 g/mol. The molecule has 2 N–H and O–H groups in total. The van der Waals surface area contributed by atoms with Crippen LogP contribution in [0, 0.1) is 5.92 Å². The third kappa shape index (κ3) is 2.71. The maximum Gasteiger partial charge on any atom is 0.0110 e. The van der Waals surface area contributed by atoms with Crippen molar-refractivity contribution in [2.24, 2.45) is 11.7 Å². The van der Waals surface area contributed by atoms with E-state index in [0.717, 1.165) is 12.0 Å². The molecule has 2 saturated carbocycles. The van der Waals surface area contributed by atoms with Gasteiger partial charge < -0.3 is 10.6 Å². The molecule has 2 nitrogen and oxygen atoms in total. The molecule has 0 amide bonds. The van der Waals surface area contributed by atoms with Gasteiger partial charge in [0, 0.05) is 18.6 Å². The van der Waals surface area contributed by atoms with E-state index in [0.29, 0.717) is 6.04 Å². The van der Waals surface area contributed by atoms with Crippen LogP contribution in [-0.2, 0) is 0 Å². The first-order chi connectivity index (χ1) is 6.79. The van der Waals surface area contributed by atoms with Gasteiger partial charge in [-0.15, -0.1) is 0 Å². The Kier molecular flexibility index (Phi) is 3.45. The van der Waals surface area contributed by atoms with Crippen molar-refractivity contribution in [1.82, 2.24) is 4.90 Å². The molecule has 2 heteroatoms. The van der Waals surface area contributed by atoms with Crippen LogP contribution >= 0.6 is 0 Å². The lowest BCUT2D eigenvalue weighted by Crippen LogP contribution is -2.43. The molecule has 0 saturated heterocycles. The van der Waals surface area contributed by atoms with Gasteiger partial charge in [-0.05, 0) is 44.6 Å². The van der Waals surface area contributed by atoms with E-state index in [1.807, 2.05) is 0 Å². The zero-order chi connectivity index (χ0) is 9.97. The van der Waals surface area contributed by atoms with E-state index < -0.39 is 0 Å². The first-order valence-electron chi connectivity index (χ1n) is 6.29. The fourth-order valence-electron chi connectivity index (χ4n) is 2.70. The van der Waals surface area contributed by atoms with Crippen LogP contribution in [0.5, 0.6) is 0 Å². The quantitative estimate of drug-likeness (QED) is 0.745. The summed E-state index contributed by atoms with van der Waals surface area (Å²) in [7, 11) is 0. The second kappa shape index (κ2) is 4.63. The van der Waals surface area contributed by atoms with E-state index in [1.54, 1.807) is 0 Å². The summed E-state index contributed by atoms with van der Waals surface area (Å²) >= 11 is 0. The minimum Gasteiger partial charge on any atom is -0.328 e. The van der Waals surface area contributed by atoms with Gasteiger partial charge in [0.25, 0.3) is 0 Å². The molecular weight excluding hydrogens is 172 g/mol. The highest BCUT2D eigenvalue weighted by Gasteiger charge is 2.29. The number of nitrogens with zero attached hydrogens (tertiary/aromatic N) is 1. The normalized spacial score (nSPS) is 33.6. The number of hydrogen-bond donors (Lipinski definition) is 1. The minimum atomic E-state index is 0.474. The molecule has 2 atom stereocenters. The Morgan fingerprint density at radius 1 is 1.21 bits per heavy atom. The second-order valence-electron chi connectivity index (χ2n) is 5.11. The standard InChI is InChI=1S/C12H24N2/c1-2-14(9-10-6-7-10)12-5-3-4-11(13)8-12/h10-12H,2-9,13H2,1H3. The van der Waals surface area contributed by atoms with E-state index in [9.17, 15) is 0 Å².